The number of hydrogen-bond acceptors (Lipinski definition) is 5. The van der Waals surface area contributed by atoms with Crippen molar-refractivity contribution in [1.29, 1.82) is 0 Å². The number of esters is 1. The highest BCUT2D eigenvalue weighted by Gasteiger charge is 2.15. The Balaban J connectivity index is 1.95. The predicted molar refractivity (Wildman–Crippen MR) is 67.0 cm³/mol. The molecular weight excluding hydrogens is 246 g/mol. The molecule has 0 fully saturated rings. The molecule has 0 amide bonds. The van der Waals surface area contributed by atoms with Gasteiger partial charge in [-0.2, -0.15) is 0 Å². The molecule has 0 aliphatic heterocycles. The van der Waals surface area contributed by atoms with Crippen LogP contribution in [-0.2, 0) is 0 Å². The third kappa shape index (κ3) is 1.99. The maximum Gasteiger partial charge on any atom is 0.347 e. The number of fused-ring (bicyclic) bond motifs is 1. The Bertz CT molecular complexity index is 751. The van der Waals surface area contributed by atoms with E-state index in [4.69, 9.17) is 4.74 Å². The van der Waals surface area contributed by atoms with Gasteiger partial charge in [0.1, 0.15) is 11.3 Å². The minimum Gasteiger partial charge on any atom is -0.507 e. The molecule has 94 valence electrons. The number of hydrogen-bond donors (Lipinski definition) is 2. The molecule has 2 aromatic carbocycles. The van der Waals surface area contributed by atoms with Gasteiger partial charge in [-0.1, -0.05) is 23.4 Å². The summed E-state index contributed by atoms with van der Waals surface area (Å²) in [4.78, 5) is 12.0. The number of aromatic nitrogens is 3. The minimum absolute atomic E-state index is 0.1000. The molecule has 0 saturated heterocycles. The zero-order valence-corrected chi connectivity index (χ0v) is 9.70. The SMILES string of the molecule is O=C(Oc1cccc2[nH]nnc12)c1ccccc1O. The van der Waals surface area contributed by atoms with Crippen molar-refractivity contribution in [2.75, 3.05) is 0 Å². The van der Waals surface area contributed by atoms with Crippen molar-refractivity contribution < 1.29 is 14.6 Å². The Morgan fingerprint density at radius 3 is 2.84 bits per heavy atom. The molecule has 3 rings (SSSR count). The molecule has 6 heteroatoms. The molecule has 0 unspecified atom stereocenters. The van der Waals surface area contributed by atoms with Crippen molar-refractivity contribution >= 4 is 17.0 Å². The molecule has 0 aliphatic carbocycles. The summed E-state index contributed by atoms with van der Waals surface area (Å²) in [5.41, 5.74) is 1.23. The second-order valence-electron chi connectivity index (χ2n) is 3.87. The van der Waals surface area contributed by atoms with E-state index in [0.717, 1.165) is 0 Å². The first-order chi connectivity index (χ1) is 9.25. The Kier molecular flexibility index (Phi) is 2.60. The van der Waals surface area contributed by atoms with Crippen LogP contribution in [0.1, 0.15) is 10.4 Å². The van der Waals surface area contributed by atoms with E-state index in [9.17, 15) is 9.90 Å². The van der Waals surface area contributed by atoms with Gasteiger partial charge < -0.3 is 9.84 Å². The first kappa shape index (κ1) is 11.2. The van der Waals surface area contributed by atoms with Gasteiger partial charge in [0.25, 0.3) is 0 Å². The van der Waals surface area contributed by atoms with Crippen LogP contribution in [0.3, 0.4) is 0 Å². The van der Waals surface area contributed by atoms with Crippen LogP contribution >= 0.6 is 0 Å². The summed E-state index contributed by atoms with van der Waals surface area (Å²) < 4.78 is 5.23. The van der Waals surface area contributed by atoms with Gasteiger partial charge in [-0.15, -0.1) is 5.10 Å². The summed E-state index contributed by atoms with van der Waals surface area (Å²) in [5, 5.41) is 19.8. The number of aromatic hydroxyl groups is 1. The zero-order valence-electron chi connectivity index (χ0n) is 9.70. The van der Waals surface area contributed by atoms with Crippen molar-refractivity contribution in [1.82, 2.24) is 15.4 Å². The molecule has 2 N–H and O–H groups in total. The fourth-order valence-electron chi connectivity index (χ4n) is 1.73. The van der Waals surface area contributed by atoms with Crippen LogP contribution in [-0.4, -0.2) is 26.5 Å². The number of phenols is 1. The molecule has 1 heterocycles. The van der Waals surface area contributed by atoms with E-state index in [1.165, 1.54) is 12.1 Å². The molecule has 0 bridgehead atoms. The highest BCUT2D eigenvalue weighted by atomic mass is 16.5. The normalized spacial score (nSPS) is 10.5. The molecular formula is C13H9N3O3. The number of benzene rings is 2. The standard InChI is InChI=1S/C13H9N3O3/c17-10-6-2-1-4-8(10)13(18)19-11-7-3-5-9-12(11)15-16-14-9/h1-7,17H,(H,14,15,16). The Morgan fingerprint density at radius 1 is 1.16 bits per heavy atom. The topological polar surface area (TPSA) is 88.1 Å². The first-order valence-electron chi connectivity index (χ1n) is 5.55. The van der Waals surface area contributed by atoms with E-state index in [1.807, 2.05) is 0 Å². The summed E-state index contributed by atoms with van der Waals surface area (Å²) in [6, 6.07) is 11.3. The molecule has 1 aromatic heterocycles. The van der Waals surface area contributed by atoms with E-state index in [0.29, 0.717) is 16.8 Å². The highest BCUT2D eigenvalue weighted by Crippen LogP contribution is 2.24. The van der Waals surface area contributed by atoms with Crippen molar-refractivity contribution in [3.8, 4) is 11.5 Å². The molecule has 6 nitrogen and oxygen atoms in total. The van der Waals surface area contributed by atoms with Gasteiger partial charge in [0, 0.05) is 0 Å². The van der Waals surface area contributed by atoms with Crippen LogP contribution in [0.2, 0.25) is 0 Å². The first-order valence-corrected chi connectivity index (χ1v) is 5.55. The summed E-state index contributed by atoms with van der Waals surface area (Å²) in [5.74, 6) is -0.479. The minimum atomic E-state index is -0.645. The molecule has 3 aromatic rings. The van der Waals surface area contributed by atoms with Gasteiger partial charge in [-0.05, 0) is 24.3 Å². The molecule has 0 spiro atoms. The average molecular weight is 255 g/mol. The van der Waals surface area contributed by atoms with Crippen LogP contribution in [0.4, 0.5) is 0 Å². The molecule has 19 heavy (non-hydrogen) atoms. The number of carbonyl (C=O) groups is 1. The average Bonchev–Trinajstić information content (AvgIpc) is 2.88. The number of nitrogens with zero attached hydrogens (tertiary/aromatic N) is 2. The van der Waals surface area contributed by atoms with Gasteiger partial charge in [-0.3, -0.25) is 5.10 Å². The second-order valence-corrected chi connectivity index (χ2v) is 3.87. The van der Waals surface area contributed by atoms with Crippen LogP contribution in [0.15, 0.2) is 42.5 Å². The van der Waals surface area contributed by atoms with Crippen molar-refractivity contribution in [2.45, 2.75) is 0 Å². The van der Waals surface area contributed by atoms with Crippen LogP contribution < -0.4 is 4.74 Å². The second kappa shape index (κ2) is 4.41. The number of H-pyrrole nitrogens is 1. The number of carbonyl (C=O) groups excluding carboxylic acids is 1. The van der Waals surface area contributed by atoms with Gasteiger partial charge in [0.15, 0.2) is 11.3 Å². The number of ether oxygens (including phenoxy) is 1. The summed E-state index contributed by atoms with van der Waals surface area (Å²) in [6.45, 7) is 0. The largest absolute Gasteiger partial charge is 0.507 e. The number of aromatic amines is 1. The lowest BCUT2D eigenvalue weighted by molar-refractivity contribution is 0.0733. The number of phenolic OH excluding ortho intramolecular Hbond substituents is 1. The fraction of sp³-hybridized carbons (Fsp3) is 0. The molecule has 0 radical (unpaired) electrons. The van der Waals surface area contributed by atoms with Gasteiger partial charge in [0.2, 0.25) is 0 Å². The van der Waals surface area contributed by atoms with Gasteiger partial charge in [0.05, 0.1) is 5.52 Å². The maximum atomic E-state index is 12.0. The maximum absolute atomic E-state index is 12.0. The predicted octanol–water partition coefficient (Wildman–Crippen LogP) is 1.88. The Labute approximate surface area is 107 Å². The number of rotatable bonds is 2. The van der Waals surface area contributed by atoms with Crippen LogP contribution in [0.5, 0.6) is 11.5 Å². The highest BCUT2D eigenvalue weighted by molar-refractivity contribution is 5.95. The fourth-order valence-corrected chi connectivity index (χ4v) is 1.73. The van der Waals surface area contributed by atoms with E-state index < -0.39 is 5.97 Å². The van der Waals surface area contributed by atoms with Crippen molar-refractivity contribution in [3.05, 3.63) is 48.0 Å². The van der Waals surface area contributed by atoms with Gasteiger partial charge >= 0.3 is 5.97 Å². The van der Waals surface area contributed by atoms with E-state index in [-0.39, 0.29) is 11.3 Å². The van der Waals surface area contributed by atoms with E-state index in [2.05, 4.69) is 15.4 Å². The third-order valence-electron chi connectivity index (χ3n) is 2.65. The van der Waals surface area contributed by atoms with Gasteiger partial charge in [-0.25, -0.2) is 4.79 Å². The molecule has 0 aliphatic rings. The van der Waals surface area contributed by atoms with E-state index in [1.54, 1.807) is 30.3 Å². The smallest absolute Gasteiger partial charge is 0.347 e. The Morgan fingerprint density at radius 2 is 2.00 bits per heavy atom. The van der Waals surface area contributed by atoms with Crippen LogP contribution in [0, 0.1) is 0 Å². The van der Waals surface area contributed by atoms with Crippen molar-refractivity contribution in [2.24, 2.45) is 0 Å². The summed E-state index contributed by atoms with van der Waals surface area (Å²) in [6.07, 6.45) is 0. The third-order valence-corrected chi connectivity index (χ3v) is 2.65. The number of para-hydroxylation sites is 1. The van der Waals surface area contributed by atoms with Crippen LogP contribution in [0.25, 0.3) is 11.0 Å². The van der Waals surface area contributed by atoms with E-state index >= 15 is 0 Å². The Hall–Kier alpha value is -2.89. The molecule has 0 atom stereocenters. The monoisotopic (exact) mass is 255 g/mol. The lowest BCUT2D eigenvalue weighted by atomic mass is 10.2. The summed E-state index contributed by atoms with van der Waals surface area (Å²) in [7, 11) is 0. The molecule has 0 saturated carbocycles. The number of nitrogens with one attached hydrogen (secondary N) is 1. The summed E-state index contributed by atoms with van der Waals surface area (Å²) >= 11 is 0. The van der Waals surface area contributed by atoms with Crippen molar-refractivity contribution in [3.63, 3.8) is 0 Å². The lowest BCUT2D eigenvalue weighted by Crippen LogP contribution is -2.08. The quantitative estimate of drug-likeness (QED) is 0.539. The zero-order chi connectivity index (χ0) is 13.2. The lowest BCUT2D eigenvalue weighted by Gasteiger charge is -2.05.